The molecule has 2 aromatic heterocycles. The van der Waals surface area contributed by atoms with Crippen molar-refractivity contribution in [1.82, 2.24) is 14.4 Å². The number of halogens is 2. The summed E-state index contributed by atoms with van der Waals surface area (Å²) in [6, 6.07) is 5.10. The highest BCUT2D eigenvalue weighted by Gasteiger charge is 2.07. The summed E-state index contributed by atoms with van der Waals surface area (Å²) in [6.45, 7) is 1.74. The summed E-state index contributed by atoms with van der Waals surface area (Å²) >= 11 is 3.35. The van der Waals surface area contributed by atoms with Gasteiger partial charge in [0.1, 0.15) is 5.82 Å². The van der Waals surface area contributed by atoms with Crippen LogP contribution in [0.1, 0.15) is 5.56 Å². The molecule has 0 aliphatic carbocycles. The second kappa shape index (κ2) is 4.17. The van der Waals surface area contributed by atoms with Crippen molar-refractivity contribution in [2.45, 2.75) is 6.92 Å². The Morgan fingerprint density at radius 2 is 2.11 bits per heavy atom. The first-order valence-electron chi connectivity index (χ1n) is 5.40. The van der Waals surface area contributed by atoms with Crippen LogP contribution in [0.2, 0.25) is 0 Å². The molecule has 2 heterocycles. The fourth-order valence-electron chi connectivity index (χ4n) is 1.75. The van der Waals surface area contributed by atoms with Gasteiger partial charge < -0.3 is 0 Å². The van der Waals surface area contributed by atoms with Crippen molar-refractivity contribution < 1.29 is 4.39 Å². The van der Waals surface area contributed by atoms with Gasteiger partial charge in [-0.15, -0.1) is 0 Å². The second-order valence-corrected chi connectivity index (χ2v) is 4.99. The molecule has 90 valence electrons. The molecule has 5 heteroatoms. The highest BCUT2D eigenvalue weighted by Crippen LogP contribution is 2.21. The molecule has 3 rings (SSSR count). The predicted octanol–water partition coefficient (Wildman–Crippen LogP) is 3.61. The first-order chi connectivity index (χ1) is 8.63. The third-order valence-corrected chi connectivity index (χ3v) is 3.16. The number of aryl methyl sites for hydroxylation is 1. The van der Waals surface area contributed by atoms with E-state index in [1.165, 1.54) is 6.07 Å². The fourth-order valence-corrected chi connectivity index (χ4v) is 2.07. The Labute approximate surface area is 111 Å². The van der Waals surface area contributed by atoms with Crippen molar-refractivity contribution in [3.63, 3.8) is 0 Å². The minimum atomic E-state index is -0.223. The number of benzene rings is 1. The van der Waals surface area contributed by atoms with Gasteiger partial charge in [-0.05, 0) is 34.5 Å². The van der Waals surface area contributed by atoms with Crippen molar-refractivity contribution in [1.29, 1.82) is 0 Å². The molecule has 0 aliphatic rings. The second-order valence-electron chi connectivity index (χ2n) is 4.07. The van der Waals surface area contributed by atoms with Crippen LogP contribution >= 0.6 is 15.9 Å². The summed E-state index contributed by atoms with van der Waals surface area (Å²) in [5.74, 6) is 0.368. The zero-order valence-corrected chi connectivity index (χ0v) is 11.1. The number of nitrogens with zero attached hydrogens (tertiary/aromatic N) is 3. The van der Waals surface area contributed by atoms with Crippen molar-refractivity contribution in [3.05, 3.63) is 52.6 Å². The van der Waals surface area contributed by atoms with Gasteiger partial charge in [0.25, 0.3) is 0 Å². The predicted molar refractivity (Wildman–Crippen MR) is 70.8 cm³/mol. The lowest BCUT2D eigenvalue weighted by molar-refractivity contribution is 0.619. The summed E-state index contributed by atoms with van der Waals surface area (Å²) in [4.78, 5) is 8.54. The molecule has 0 atom stereocenters. The highest BCUT2D eigenvalue weighted by atomic mass is 79.9. The number of hydrogen-bond acceptors (Lipinski definition) is 2. The van der Waals surface area contributed by atoms with Crippen LogP contribution in [0.5, 0.6) is 0 Å². The minimum Gasteiger partial charge on any atom is -0.289 e. The average molecular weight is 306 g/mol. The Bertz CT molecular complexity index is 736. The Morgan fingerprint density at radius 3 is 2.89 bits per heavy atom. The average Bonchev–Trinajstić information content (AvgIpc) is 2.75. The summed E-state index contributed by atoms with van der Waals surface area (Å²) in [7, 11) is 0. The van der Waals surface area contributed by atoms with Gasteiger partial charge in [-0.3, -0.25) is 4.40 Å². The van der Waals surface area contributed by atoms with Crippen LogP contribution in [0, 0.1) is 12.7 Å². The van der Waals surface area contributed by atoms with Crippen LogP contribution in [0.25, 0.3) is 17.0 Å². The number of imidazole rings is 1. The smallest absolute Gasteiger partial charge is 0.234 e. The van der Waals surface area contributed by atoms with Gasteiger partial charge in [-0.25, -0.2) is 14.4 Å². The van der Waals surface area contributed by atoms with E-state index < -0.39 is 0 Å². The molecule has 0 amide bonds. The van der Waals surface area contributed by atoms with E-state index in [2.05, 4.69) is 25.9 Å². The standard InChI is InChI=1S/C13H9BrFN3/c1-8-2-3-9(4-11(8)15)12-7-18-6-10(14)5-16-13(18)17-12/h2-7H,1H3. The van der Waals surface area contributed by atoms with Gasteiger partial charge in [0, 0.05) is 24.2 Å². The molecule has 18 heavy (non-hydrogen) atoms. The molecule has 0 radical (unpaired) electrons. The topological polar surface area (TPSA) is 30.2 Å². The molecule has 0 saturated heterocycles. The van der Waals surface area contributed by atoms with E-state index >= 15 is 0 Å². The quantitative estimate of drug-likeness (QED) is 0.687. The minimum absolute atomic E-state index is 0.223. The largest absolute Gasteiger partial charge is 0.289 e. The number of rotatable bonds is 1. The number of fused-ring (bicyclic) bond motifs is 1. The lowest BCUT2D eigenvalue weighted by atomic mass is 10.1. The van der Waals surface area contributed by atoms with Crippen LogP contribution in [-0.2, 0) is 0 Å². The van der Waals surface area contributed by atoms with E-state index in [-0.39, 0.29) is 5.82 Å². The van der Waals surface area contributed by atoms with Gasteiger partial charge in [-0.2, -0.15) is 0 Å². The van der Waals surface area contributed by atoms with E-state index in [9.17, 15) is 4.39 Å². The van der Waals surface area contributed by atoms with Crippen molar-refractivity contribution >= 4 is 21.7 Å². The van der Waals surface area contributed by atoms with E-state index in [0.717, 1.165) is 10.0 Å². The lowest BCUT2D eigenvalue weighted by Gasteiger charge is -1.99. The van der Waals surface area contributed by atoms with Gasteiger partial charge in [0.05, 0.1) is 10.2 Å². The normalized spacial score (nSPS) is 11.1. The van der Waals surface area contributed by atoms with Gasteiger partial charge in [-0.1, -0.05) is 12.1 Å². The van der Waals surface area contributed by atoms with Gasteiger partial charge >= 0.3 is 0 Å². The van der Waals surface area contributed by atoms with Gasteiger partial charge in [0.15, 0.2) is 0 Å². The zero-order valence-electron chi connectivity index (χ0n) is 9.56. The number of aromatic nitrogens is 3. The molecule has 0 aliphatic heterocycles. The molecule has 3 nitrogen and oxygen atoms in total. The molecular formula is C13H9BrFN3. The molecule has 0 unspecified atom stereocenters. The Hall–Kier alpha value is -1.75. The third kappa shape index (κ3) is 1.90. The van der Waals surface area contributed by atoms with Crippen LogP contribution in [0.4, 0.5) is 4.39 Å². The first kappa shape index (κ1) is 11.3. The van der Waals surface area contributed by atoms with Crippen LogP contribution in [0.3, 0.4) is 0 Å². The van der Waals surface area contributed by atoms with Gasteiger partial charge in [0.2, 0.25) is 5.78 Å². The SMILES string of the molecule is Cc1ccc(-c2cn3cc(Br)cnc3n2)cc1F. The summed E-state index contributed by atoms with van der Waals surface area (Å²) in [5, 5.41) is 0. The Kier molecular flexibility index (Phi) is 2.63. The van der Waals surface area contributed by atoms with Crippen LogP contribution in [0.15, 0.2) is 41.3 Å². The maximum Gasteiger partial charge on any atom is 0.234 e. The molecule has 0 bridgehead atoms. The van der Waals surface area contributed by atoms with E-state index in [4.69, 9.17) is 0 Å². The molecule has 0 saturated carbocycles. The van der Waals surface area contributed by atoms with E-state index in [0.29, 0.717) is 17.0 Å². The van der Waals surface area contributed by atoms with Crippen molar-refractivity contribution in [2.24, 2.45) is 0 Å². The summed E-state index contributed by atoms with van der Waals surface area (Å²) in [6.07, 6.45) is 5.38. The first-order valence-corrected chi connectivity index (χ1v) is 6.19. The molecule has 0 spiro atoms. The zero-order chi connectivity index (χ0) is 12.7. The maximum atomic E-state index is 13.5. The molecule has 0 fully saturated rings. The summed E-state index contributed by atoms with van der Waals surface area (Å²) < 4.78 is 16.2. The highest BCUT2D eigenvalue weighted by molar-refractivity contribution is 9.10. The molecule has 3 aromatic rings. The van der Waals surface area contributed by atoms with Crippen molar-refractivity contribution in [2.75, 3.05) is 0 Å². The summed E-state index contributed by atoms with van der Waals surface area (Å²) in [5.41, 5.74) is 2.09. The van der Waals surface area contributed by atoms with Crippen LogP contribution in [-0.4, -0.2) is 14.4 Å². The van der Waals surface area contributed by atoms with Crippen molar-refractivity contribution in [3.8, 4) is 11.3 Å². The lowest BCUT2D eigenvalue weighted by Crippen LogP contribution is -1.85. The third-order valence-electron chi connectivity index (χ3n) is 2.75. The fraction of sp³-hybridized carbons (Fsp3) is 0.0769. The van der Waals surface area contributed by atoms with E-state index in [1.54, 1.807) is 23.6 Å². The Balaban J connectivity index is 2.16. The maximum absolute atomic E-state index is 13.5. The number of hydrogen-bond donors (Lipinski definition) is 0. The van der Waals surface area contributed by atoms with Crippen LogP contribution < -0.4 is 0 Å². The monoisotopic (exact) mass is 305 g/mol. The molecule has 1 aromatic carbocycles. The Morgan fingerprint density at radius 1 is 1.28 bits per heavy atom. The van der Waals surface area contributed by atoms with E-state index in [1.807, 2.05) is 18.5 Å². The molecular weight excluding hydrogens is 297 g/mol. The molecule has 0 N–H and O–H groups in total.